The molecule has 28 heavy (non-hydrogen) atoms. The van der Waals surface area contributed by atoms with E-state index in [0.29, 0.717) is 31.9 Å². The van der Waals surface area contributed by atoms with E-state index in [-0.39, 0.29) is 25.4 Å². The smallest absolute Gasteiger partial charge is 0.248 e. The summed E-state index contributed by atoms with van der Waals surface area (Å²) in [5.41, 5.74) is 2.57. The van der Waals surface area contributed by atoms with Crippen LogP contribution in [0.4, 0.5) is 0 Å². The van der Waals surface area contributed by atoms with E-state index in [9.17, 15) is 4.79 Å². The molecule has 148 valence electrons. The van der Waals surface area contributed by atoms with Crippen molar-refractivity contribution in [3.63, 3.8) is 0 Å². The fraction of sp³-hybridized carbons (Fsp3) is 0.500. The third-order valence-electron chi connectivity index (χ3n) is 5.38. The van der Waals surface area contributed by atoms with Gasteiger partial charge in [0.05, 0.1) is 19.3 Å². The van der Waals surface area contributed by atoms with Crippen molar-refractivity contribution in [1.29, 1.82) is 0 Å². The van der Waals surface area contributed by atoms with Crippen molar-refractivity contribution in [2.24, 2.45) is 0 Å². The fourth-order valence-electron chi connectivity index (χ4n) is 3.84. The van der Waals surface area contributed by atoms with Gasteiger partial charge in [0, 0.05) is 30.7 Å². The van der Waals surface area contributed by atoms with Crippen LogP contribution in [0.3, 0.4) is 0 Å². The lowest BCUT2D eigenvalue weighted by Crippen LogP contribution is -2.38. The van der Waals surface area contributed by atoms with E-state index in [1.165, 1.54) is 0 Å². The van der Waals surface area contributed by atoms with Crippen molar-refractivity contribution >= 4 is 5.91 Å². The van der Waals surface area contributed by atoms with Crippen molar-refractivity contribution in [3.8, 4) is 22.8 Å². The Morgan fingerprint density at radius 2 is 2.21 bits per heavy atom. The van der Waals surface area contributed by atoms with Crippen LogP contribution in [-0.4, -0.2) is 55.2 Å². The predicted octanol–water partition coefficient (Wildman–Crippen LogP) is 2.15. The normalized spacial score (nSPS) is 20.4. The lowest BCUT2D eigenvalue weighted by atomic mass is 10.0. The monoisotopic (exact) mass is 386 g/mol. The maximum atomic E-state index is 12.6. The molecule has 5 rings (SSSR count). The molecule has 4 heterocycles. The van der Waals surface area contributed by atoms with Gasteiger partial charge in [-0.15, -0.1) is 0 Å². The molecule has 0 saturated carbocycles. The Morgan fingerprint density at radius 1 is 1.29 bits per heavy atom. The number of hydrogen-bond donors (Lipinski definition) is 0. The molecular formula is C20H22N2O6. The Hall–Kier alpha value is -2.58. The topological polar surface area (TPSA) is 83.3 Å². The molecule has 0 aliphatic carbocycles. The lowest BCUT2D eigenvalue weighted by Gasteiger charge is -2.26. The highest BCUT2D eigenvalue weighted by molar-refractivity contribution is 5.78. The first-order valence-corrected chi connectivity index (χ1v) is 9.62. The summed E-state index contributed by atoms with van der Waals surface area (Å²) in [5, 5.41) is 4.24. The zero-order valence-corrected chi connectivity index (χ0v) is 15.5. The highest BCUT2D eigenvalue weighted by atomic mass is 16.7. The number of ether oxygens (including phenoxy) is 4. The summed E-state index contributed by atoms with van der Waals surface area (Å²) in [4.78, 5) is 14.4. The Labute approximate surface area is 162 Å². The van der Waals surface area contributed by atoms with E-state index in [0.717, 1.165) is 47.8 Å². The molecular weight excluding hydrogens is 364 g/mol. The summed E-state index contributed by atoms with van der Waals surface area (Å²) in [6.07, 6.45) is 2.83. The summed E-state index contributed by atoms with van der Waals surface area (Å²) in [7, 11) is 0. The second-order valence-corrected chi connectivity index (χ2v) is 7.22. The van der Waals surface area contributed by atoms with Crippen molar-refractivity contribution in [2.75, 3.05) is 33.2 Å². The lowest BCUT2D eigenvalue weighted by molar-refractivity contribution is -0.138. The largest absolute Gasteiger partial charge is 0.454 e. The quantitative estimate of drug-likeness (QED) is 0.779. The minimum Gasteiger partial charge on any atom is -0.454 e. The van der Waals surface area contributed by atoms with Gasteiger partial charge in [0.1, 0.15) is 18.1 Å². The number of carbonyl (C=O) groups excluding carboxylic acids is 1. The summed E-state index contributed by atoms with van der Waals surface area (Å²) in [5.74, 6) is 2.22. The summed E-state index contributed by atoms with van der Waals surface area (Å²) >= 11 is 0. The van der Waals surface area contributed by atoms with E-state index < -0.39 is 0 Å². The Balaban J connectivity index is 1.26. The Morgan fingerprint density at radius 3 is 3.11 bits per heavy atom. The van der Waals surface area contributed by atoms with Gasteiger partial charge in [-0.2, -0.15) is 0 Å². The molecule has 1 fully saturated rings. The highest BCUT2D eigenvalue weighted by Crippen LogP contribution is 2.38. The molecule has 0 radical (unpaired) electrons. The predicted molar refractivity (Wildman–Crippen MR) is 97.0 cm³/mol. The second-order valence-electron chi connectivity index (χ2n) is 7.22. The summed E-state index contributed by atoms with van der Waals surface area (Å²) < 4.78 is 27.5. The van der Waals surface area contributed by atoms with E-state index in [4.69, 9.17) is 23.5 Å². The zero-order chi connectivity index (χ0) is 18.9. The maximum absolute atomic E-state index is 12.6. The molecule has 1 amide bonds. The molecule has 3 aliphatic heterocycles. The van der Waals surface area contributed by atoms with Gasteiger partial charge in [-0.3, -0.25) is 4.79 Å². The van der Waals surface area contributed by atoms with Gasteiger partial charge >= 0.3 is 0 Å². The van der Waals surface area contributed by atoms with Crippen molar-refractivity contribution in [3.05, 3.63) is 29.5 Å². The minimum atomic E-state index is -0.0264. The third-order valence-corrected chi connectivity index (χ3v) is 5.38. The summed E-state index contributed by atoms with van der Waals surface area (Å²) in [6.45, 7) is 2.62. The van der Waals surface area contributed by atoms with Crippen LogP contribution in [-0.2, 0) is 27.2 Å². The SMILES string of the molecule is O=C(COC[C@@H]1CCCO1)N1CCc2onc(-c3ccc4c(c3)OCO4)c2C1. The van der Waals surface area contributed by atoms with Crippen molar-refractivity contribution < 1.29 is 28.3 Å². The number of nitrogens with zero attached hydrogens (tertiary/aromatic N) is 2. The molecule has 1 atom stereocenters. The Kier molecular flexibility index (Phi) is 4.66. The second kappa shape index (κ2) is 7.44. The molecule has 1 saturated heterocycles. The molecule has 0 N–H and O–H groups in total. The van der Waals surface area contributed by atoms with Crippen LogP contribution in [0.25, 0.3) is 11.3 Å². The zero-order valence-electron chi connectivity index (χ0n) is 15.5. The van der Waals surface area contributed by atoms with Gasteiger partial charge in [0.25, 0.3) is 0 Å². The molecule has 8 nitrogen and oxygen atoms in total. The average molecular weight is 386 g/mol. The van der Waals surface area contributed by atoms with Crippen LogP contribution in [0.5, 0.6) is 11.5 Å². The van der Waals surface area contributed by atoms with Gasteiger partial charge < -0.3 is 28.4 Å². The third kappa shape index (κ3) is 3.33. The van der Waals surface area contributed by atoms with E-state index in [1.54, 1.807) is 4.90 Å². The fourth-order valence-corrected chi connectivity index (χ4v) is 3.84. The van der Waals surface area contributed by atoms with Gasteiger partial charge in [-0.05, 0) is 31.0 Å². The van der Waals surface area contributed by atoms with Crippen LogP contribution in [0.1, 0.15) is 24.2 Å². The van der Waals surface area contributed by atoms with Crippen LogP contribution in [0, 0.1) is 0 Å². The molecule has 3 aliphatic rings. The van der Waals surface area contributed by atoms with Crippen LogP contribution in [0.15, 0.2) is 22.7 Å². The van der Waals surface area contributed by atoms with E-state index in [2.05, 4.69) is 5.16 Å². The van der Waals surface area contributed by atoms with E-state index in [1.807, 2.05) is 18.2 Å². The Bertz CT molecular complexity index is 874. The molecule has 2 aromatic rings. The van der Waals surface area contributed by atoms with Gasteiger partial charge in [0.15, 0.2) is 11.5 Å². The van der Waals surface area contributed by atoms with Crippen molar-refractivity contribution in [2.45, 2.75) is 31.9 Å². The standard InChI is InChI=1S/C20H22N2O6/c23-19(11-24-10-14-2-1-7-25-14)22-6-5-16-15(9-22)20(21-28-16)13-3-4-17-18(8-13)27-12-26-17/h3-4,8,14H,1-2,5-7,9-12H2/t14-/m0/s1. The molecule has 0 unspecified atom stereocenters. The number of fused-ring (bicyclic) bond motifs is 2. The summed E-state index contributed by atoms with van der Waals surface area (Å²) in [6, 6.07) is 5.69. The first kappa shape index (κ1) is 17.5. The van der Waals surface area contributed by atoms with Crippen LogP contribution < -0.4 is 9.47 Å². The maximum Gasteiger partial charge on any atom is 0.248 e. The average Bonchev–Trinajstić information content (AvgIpc) is 3.46. The number of benzene rings is 1. The molecule has 1 aromatic carbocycles. The van der Waals surface area contributed by atoms with Crippen LogP contribution in [0.2, 0.25) is 0 Å². The number of rotatable bonds is 5. The highest BCUT2D eigenvalue weighted by Gasteiger charge is 2.28. The number of hydrogen-bond acceptors (Lipinski definition) is 7. The first-order chi connectivity index (χ1) is 13.8. The minimum absolute atomic E-state index is 0.0264. The van der Waals surface area contributed by atoms with Crippen LogP contribution >= 0.6 is 0 Å². The van der Waals surface area contributed by atoms with Gasteiger partial charge in [0.2, 0.25) is 12.7 Å². The molecule has 0 bridgehead atoms. The van der Waals surface area contributed by atoms with Crippen molar-refractivity contribution in [1.82, 2.24) is 10.1 Å². The number of amides is 1. The molecule has 1 aromatic heterocycles. The van der Waals surface area contributed by atoms with E-state index >= 15 is 0 Å². The first-order valence-electron chi connectivity index (χ1n) is 9.62. The molecule has 8 heteroatoms. The number of carbonyl (C=O) groups is 1. The molecule has 0 spiro atoms. The van der Waals surface area contributed by atoms with Gasteiger partial charge in [-0.1, -0.05) is 5.16 Å². The number of aromatic nitrogens is 1. The van der Waals surface area contributed by atoms with Gasteiger partial charge in [-0.25, -0.2) is 0 Å².